The molecule has 4 nitrogen and oxygen atoms in total. The second kappa shape index (κ2) is 8.15. The Morgan fingerprint density at radius 3 is 2.22 bits per heavy atom. The molecule has 0 saturated carbocycles. The minimum Gasteiger partial charge on any atom is -0.369 e. The zero-order valence-electron chi connectivity index (χ0n) is 12.9. The molecule has 0 aromatic heterocycles. The Hall–Kier alpha value is -2.59. The quantitative estimate of drug-likeness (QED) is 0.378. The van der Waals surface area contributed by atoms with Crippen LogP contribution in [0.1, 0.15) is 24.5 Å². The lowest BCUT2D eigenvalue weighted by Gasteiger charge is -2.09. The monoisotopic (exact) mass is 326 g/mol. The Bertz CT molecular complexity index is 727. The molecule has 0 aliphatic rings. The first-order valence-electron chi connectivity index (χ1n) is 7.28. The zero-order valence-corrected chi connectivity index (χ0v) is 13.7. The summed E-state index contributed by atoms with van der Waals surface area (Å²) in [6.45, 7) is 2.01. The molecule has 118 valence electrons. The van der Waals surface area contributed by atoms with E-state index in [4.69, 9.17) is 23.1 Å². The Kier molecular flexibility index (Phi) is 5.94. The van der Waals surface area contributed by atoms with Gasteiger partial charge in [0, 0.05) is 10.6 Å². The predicted molar refractivity (Wildman–Crippen MR) is 99.3 cm³/mol. The van der Waals surface area contributed by atoms with Gasteiger partial charge in [-0.2, -0.15) is 5.10 Å². The highest BCUT2D eigenvalue weighted by Gasteiger charge is 2.09. The summed E-state index contributed by atoms with van der Waals surface area (Å²) >= 11 is 5.95. The minimum atomic E-state index is -0.0603. The van der Waals surface area contributed by atoms with Gasteiger partial charge < -0.3 is 11.5 Å². The van der Waals surface area contributed by atoms with E-state index in [2.05, 4.69) is 16.3 Å². The van der Waals surface area contributed by atoms with E-state index in [9.17, 15) is 0 Å². The van der Waals surface area contributed by atoms with Crippen molar-refractivity contribution in [2.24, 2.45) is 21.7 Å². The highest BCUT2D eigenvalue weighted by atomic mass is 35.5. The third-order valence-corrected chi connectivity index (χ3v) is 3.45. The molecule has 0 aliphatic carbocycles. The lowest BCUT2D eigenvalue weighted by atomic mass is 9.97. The molecule has 0 radical (unpaired) electrons. The normalized spacial score (nSPS) is 12.1. The molecule has 23 heavy (non-hydrogen) atoms. The van der Waals surface area contributed by atoms with Gasteiger partial charge >= 0.3 is 0 Å². The van der Waals surface area contributed by atoms with Gasteiger partial charge in [-0.15, -0.1) is 5.10 Å². The zero-order chi connectivity index (χ0) is 16.7. The molecule has 2 rings (SSSR count). The first-order valence-corrected chi connectivity index (χ1v) is 7.66. The average Bonchev–Trinajstić information content (AvgIpc) is 2.56. The van der Waals surface area contributed by atoms with Gasteiger partial charge in [0.15, 0.2) is 0 Å². The van der Waals surface area contributed by atoms with Crippen LogP contribution in [0.5, 0.6) is 0 Å². The molecule has 0 aliphatic heterocycles. The fourth-order valence-corrected chi connectivity index (χ4v) is 2.24. The van der Waals surface area contributed by atoms with Crippen molar-refractivity contribution in [2.75, 3.05) is 0 Å². The number of nitrogens with two attached hydrogens (primary N) is 2. The van der Waals surface area contributed by atoms with E-state index in [-0.39, 0.29) is 5.96 Å². The topological polar surface area (TPSA) is 76.8 Å². The van der Waals surface area contributed by atoms with Crippen molar-refractivity contribution >= 4 is 34.9 Å². The standard InChI is InChI=1S/C18H19ClN4/c1-2-17(22-23-18(20)21)16(14-6-4-3-5-7-14)12-13-8-10-15(19)11-9-13/h3-12H,2H2,1H3,(H4,20,21,23)/b16-12-,22-17+. The molecule has 2 aromatic rings. The third kappa shape index (κ3) is 4.97. The molecule has 2 aromatic carbocycles. The van der Waals surface area contributed by atoms with Crippen LogP contribution in [0.4, 0.5) is 0 Å². The second-order valence-corrected chi connectivity index (χ2v) is 5.34. The van der Waals surface area contributed by atoms with Crippen molar-refractivity contribution in [3.8, 4) is 0 Å². The maximum atomic E-state index is 5.95. The Morgan fingerprint density at radius 1 is 1.00 bits per heavy atom. The lowest BCUT2D eigenvalue weighted by molar-refractivity contribution is 1.16. The van der Waals surface area contributed by atoms with E-state index in [0.717, 1.165) is 22.4 Å². The van der Waals surface area contributed by atoms with Crippen LogP contribution in [0.15, 0.2) is 64.8 Å². The summed E-state index contributed by atoms with van der Waals surface area (Å²) in [7, 11) is 0. The summed E-state index contributed by atoms with van der Waals surface area (Å²) in [5.74, 6) is -0.0603. The number of rotatable bonds is 5. The predicted octanol–water partition coefficient (Wildman–Crippen LogP) is 3.92. The van der Waals surface area contributed by atoms with Crippen molar-refractivity contribution in [2.45, 2.75) is 13.3 Å². The van der Waals surface area contributed by atoms with Gasteiger partial charge in [-0.1, -0.05) is 61.0 Å². The van der Waals surface area contributed by atoms with Crippen LogP contribution in [0.3, 0.4) is 0 Å². The molecule has 0 unspecified atom stereocenters. The summed E-state index contributed by atoms with van der Waals surface area (Å²) in [4.78, 5) is 0. The number of halogens is 1. The second-order valence-electron chi connectivity index (χ2n) is 4.90. The van der Waals surface area contributed by atoms with E-state index in [1.807, 2.05) is 61.5 Å². The highest BCUT2D eigenvalue weighted by molar-refractivity contribution is 6.30. The molecule has 0 fully saturated rings. The maximum absolute atomic E-state index is 5.95. The largest absolute Gasteiger partial charge is 0.369 e. The van der Waals surface area contributed by atoms with Gasteiger partial charge in [0.25, 0.3) is 0 Å². The van der Waals surface area contributed by atoms with Gasteiger partial charge in [-0.05, 0) is 35.8 Å². The molecule has 0 spiro atoms. The van der Waals surface area contributed by atoms with Crippen LogP contribution in [0.25, 0.3) is 11.6 Å². The van der Waals surface area contributed by atoms with Gasteiger partial charge in [-0.3, -0.25) is 0 Å². The fraction of sp³-hybridized carbons (Fsp3) is 0.111. The number of nitrogens with zero attached hydrogens (tertiary/aromatic N) is 2. The first-order chi connectivity index (χ1) is 11.1. The first kappa shape index (κ1) is 16.8. The lowest BCUT2D eigenvalue weighted by Crippen LogP contribution is -2.22. The summed E-state index contributed by atoms with van der Waals surface area (Å²) in [6.07, 6.45) is 2.75. The van der Waals surface area contributed by atoms with Gasteiger partial charge in [0.05, 0.1) is 5.71 Å². The molecule has 0 amide bonds. The number of hydrogen-bond acceptors (Lipinski definition) is 2. The Labute approximate surface area is 141 Å². The third-order valence-electron chi connectivity index (χ3n) is 3.20. The summed E-state index contributed by atoms with van der Waals surface area (Å²) in [6, 6.07) is 17.6. The van der Waals surface area contributed by atoms with Gasteiger partial charge in [-0.25, -0.2) is 0 Å². The van der Waals surface area contributed by atoms with Crippen LogP contribution < -0.4 is 11.5 Å². The summed E-state index contributed by atoms with van der Waals surface area (Å²) < 4.78 is 0. The number of hydrogen-bond donors (Lipinski definition) is 2. The van der Waals surface area contributed by atoms with Gasteiger partial charge in [0.1, 0.15) is 0 Å². The van der Waals surface area contributed by atoms with Gasteiger partial charge in [0.2, 0.25) is 5.96 Å². The van der Waals surface area contributed by atoms with E-state index in [1.54, 1.807) is 0 Å². The Balaban J connectivity index is 2.53. The van der Waals surface area contributed by atoms with Crippen molar-refractivity contribution in [1.82, 2.24) is 0 Å². The molecule has 0 heterocycles. The molecular weight excluding hydrogens is 308 g/mol. The molecule has 0 saturated heterocycles. The Morgan fingerprint density at radius 2 is 1.65 bits per heavy atom. The van der Waals surface area contributed by atoms with Crippen molar-refractivity contribution in [1.29, 1.82) is 0 Å². The van der Waals surface area contributed by atoms with Crippen molar-refractivity contribution < 1.29 is 0 Å². The summed E-state index contributed by atoms with van der Waals surface area (Å²) in [5.41, 5.74) is 14.6. The number of guanidine groups is 1. The molecule has 5 heteroatoms. The van der Waals surface area contributed by atoms with Crippen LogP contribution in [-0.2, 0) is 0 Å². The van der Waals surface area contributed by atoms with Crippen LogP contribution in [-0.4, -0.2) is 11.7 Å². The van der Waals surface area contributed by atoms with Crippen LogP contribution in [0.2, 0.25) is 5.02 Å². The molecule has 4 N–H and O–H groups in total. The van der Waals surface area contributed by atoms with Crippen LogP contribution >= 0.6 is 11.6 Å². The molecular formula is C18H19ClN4. The SMILES string of the molecule is CCC(=N\N=C(N)N)/C(=C\c1ccc(Cl)cc1)c1ccccc1. The minimum absolute atomic E-state index is 0.0603. The highest BCUT2D eigenvalue weighted by Crippen LogP contribution is 2.22. The van der Waals surface area contributed by atoms with Crippen molar-refractivity contribution in [3.63, 3.8) is 0 Å². The fourth-order valence-electron chi connectivity index (χ4n) is 2.11. The number of benzene rings is 2. The van der Waals surface area contributed by atoms with E-state index < -0.39 is 0 Å². The van der Waals surface area contributed by atoms with Crippen molar-refractivity contribution in [3.05, 3.63) is 70.7 Å². The van der Waals surface area contributed by atoms with E-state index >= 15 is 0 Å². The maximum Gasteiger partial charge on any atom is 0.211 e. The average molecular weight is 327 g/mol. The van der Waals surface area contributed by atoms with E-state index in [1.165, 1.54) is 0 Å². The van der Waals surface area contributed by atoms with Crippen LogP contribution in [0, 0.1) is 0 Å². The smallest absolute Gasteiger partial charge is 0.211 e. The summed E-state index contributed by atoms with van der Waals surface area (Å²) in [5, 5.41) is 8.69. The molecule has 0 bridgehead atoms. The molecule has 0 atom stereocenters. The number of allylic oxidation sites excluding steroid dienone is 1. The van der Waals surface area contributed by atoms with E-state index in [0.29, 0.717) is 11.4 Å².